The van der Waals surface area contributed by atoms with Crippen molar-refractivity contribution in [2.45, 2.75) is 0 Å². The number of nitro benzene ring substituents is 1. The minimum absolute atomic E-state index is 0.0807. The van der Waals surface area contributed by atoms with E-state index in [1.165, 1.54) is 12.1 Å². The second kappa shape index (κ2) is 3.40. The van der Waals surface area contributed by atoms with Crippen LogP contribution in [0.2, 0.25) is 0 Å². The van der Waals surface area contributed by atoms with Gasteiger partial charge in [-0.25, -0.2) is 0 Å². The SMILES string of the molecule is Nc1ccc2c(c1)C(=O)c1cc([N+](=O)[O-])ccc1-2. The minimum Gasteiger partial charge on any atom is -0.399 e. The highest BCUT2D eigenvalue weighted by atomic mass is 16.6. The number of anilines is 1. The number of hydrogen-bond donors (Lipinski definition) is 1. The van der Waals surface area contributed by atoms with Gasteiger partial charge >= 0.3 is 0 Å². The number of hydrogen-bond acceptors (Lipinski definition) is 4. The van der Waals surface area contributed by atoms with Gasteiger partial charge in [0.15, 0.2) is 5.78 Å². The molecule has 5 heteroatoms. The molecule has 1 aliphatic rings. The first-order chi connectivity index (χ1) is 8.58. The number of carbonyl (C=O) groups excluding carboxylic acids is 1. The van der Waals surface area contributed by atoms with Crippen LogP contribution in [0.25, 0.3) is 11.1 Å². The number of nitrogens with two attached hydrogens (primary N) is 1. The highest BCUT2D eigenvalue weighted by molar-refractivity contribution is 6.22. The summed E-state index contributed by atoms with van der Waals surface area (Å²) in [6.07, 6.45) is 0. The molecule has 0 bridgehead atoms. The number of rotatable bonds is 1. The normalized spacial score (nSPS) is 12.1. The zero-order valence-electron chi connectivity index (χ0n) is 9.21. The van der Waals surface area contributed by atoms with Crippen LogP contribution in [-0.2, 0) is 0 Å². The van der Waals surface area contributed by atoms with Crippen LogP contribution in [0.5, 0.6) is 0 Å². The molecule has 5 nitrogen and oxygen atoms in total. The topological polar surface area (TPSA) is 86.2 Å². The lowest BCUT2D eigenvalue weighted by Crippen LogP contribution is -1.97. The molecule has 0 saturated carbocycles. The smallest absolute Gasteiger partial charge is 0.270 e. The number of fused-ring (bicyclic) bond motifs is 3. The Morgan fingerprint density at radius 1 is 0.944 bits per heavy atom. The minimum atomic E-state index is -0.509. The van der Waals surface area contributed by atoms with E-state index < -0.39 is 4.92 Å². The van der Waals surface area contributed by atoms with Gasteiger partial charge in [0.1, 0.15) is 0 Å². The molecule has 0 fully saturated rings. The lowest BCUT2D eigenvalue weighted by Gasteiger charge is -1.99. The van der Waals surface area contributed by atoms with Crippen molar-refractivity contribution in [3.05, 3.63) is 57.6 Å². The van der Waals surface area contributed by atoms with E-state index in [4.69, 9.17) is 5.73 Å². The maximum Gasteiger partial charge on any atom is 0.270 e. The van der Waals surface area contributed by atoms with Gasteiger partial charge in [-0.3, -0.25) is 14.9 Å². The Morgan fingerprint density at radius 2 is 1.56 bits per heavy atom. The maximum atomic E-state index is 12.1. The third-order valence-corrected chi connectivity index (χ3v) is 3.04. The second-order valence-electron chi connectivity index (χ2n) is 4.12. The molecule has 1 aliphatic carbocycles. The highest BCUT2D eigenvalue weighted by Gasteiger charge is 2.28. The monoisotopic (exact) mass is 240 g/mol. The van der Waals surface area contributed by atoms with Gasteiger partial charge in [0.25, 0.3) is 5.69 Å². The second-order valence-corrected chi connectivity index (χ2v) is 4.12. The van der Waals surface area contributed by atoms with Crippen LogP contribution in [0.4, 0.5) is 11.4 Å². The summed E-state index contributed by atoms with van der Waals surface area (Å²) < 4.78 is 0. The van der Waals surface area contributed by atoms with Crippen LogP contribution in [0.1, 0.15) is 15.9 Å². The number of benzene rings is 2. The fourth-order valence-electron chi connectivity index (χ4n) is 2.20. The van der Waals surface area contributed by atoms with Crippen molar-refractivity contribution in [1.29, 1.82) is 0 Å². The molecular weight excluding hydrogens is 232 g/mol. The number of nitro groups is 1. The third kappa shape index (κ3) is 1.31. The number of carbonyl (C=O) groups is 1. The molecule has 0 amide bonds. The van der Waals surface area contributed by atoms with Crippen molar-refractivity contribution < 1.29 is 9.72 Å². The zero-order chi connectivity index (χ0) is 12.9. The van der Waals surface area contributed by atoms with Gasteiger partial charge in [0.05, 0.1) is 4.92 Å². The molecule has 0 spiro atoms. The molecular formula is C13H8N2O3. The molecule has 0 saturated heterocycles. The fraction of sp³-hybridized carbons (Fsp3) is 0. The van der Waals surface area contributed by atoms with Crippen molar-refractivity contribution in [2.75, 3.05) is 5.73 Å². The largest absolute Gasteiger partial charge is 0.399 e. The van der Waals surface area contributed by atoms with Gasteiger partial charge in [-0.05, 0) is 29.3 Å². The van der Waals surface area contributed by atoms with E-state index >= 15 is 0 Å². The molecule has 0 aromatic heterocycles. The number of nitrogen functional groups attached to an aromatic ring is 1. The van der Waals surface area contributed by atoms with Crippen LogP contribution in [0.3, 0.4) is 0 Å². The Labute approximate surface area is 102 Å². The van der Waals surface area contributed by atoms with Crippen molar-refractivity contribution in [3.8, 4) is 11.1 Å². The summed E-state index contributed by atoms with van der Waals surface area (Å²) in [7, 11) is 0. The van der Waals surface area contributed by atoms with E-state index in [9.17, 15) is 14.9 Å². The molecule has 0 heterocycles. The highest BCUT2D eigenvalue weighted by Crippen LogP contribution is 2.38. The van der Waals surface area contributed by atoms with Crippen LogP contribution in [0.15, 0.2) is 36.4 Å². The molecule has 2 N–H and O–H groups in total. The lowest BCUT2D eigenvalue weighted by atomic mass is 10.1. The Morgan fingerprint density at radius 3 is 2.22 bits per heavy atom. The fourth-order valence-corrected chi connectivity index (χ4v) is 2.20. The number of ketones is 1. The van der Waals surface area contributed by atoms with Crippen LogP contribution < -0.4 is 5.73 Å². The molecule has 2 aromatic carbocycles. The first kappa shape index (κ1) is 10.5. The van der Waals surface area contributed by atoms with Gasteiger partial charge in [-0.1, -0.05) is 6.07 Å². The molecule has 0 radical (unpaired) electrons. The van der Waals surface area contributed by atoms with Gasteiger partial charge in [-0.2, -0.15) is 0 Å². The summed E-state index contributed by atoms with van der Waals surface area (Å²) in [5.41, 5.74) is 8.44. The zero-order valence-corrected chi connectivity index (χ0v) is 9.21. The van der Waals surface area contributed by atoms with Gasteiger partial charge < -0.3 is 5.73 Å². The van der Waals surface area contributed by atoms with E-state index in [1.807, 2.05) is 0 Å². The summed E-state index contributed by atoms with van der Waals surface area (Å²) >= 11 is 0. The van der Waals surface area contributed by atoms with E-state index in [0.717, 1.165) is 11.1 Å². The van der Waals surface area contributed by atoms with Crippen LogP contribution >= 0.6 is 0 Å². The summed E-state index contributed by atoms with van der Waals surface area (Å²) in [4.78, 5) is 22.3. The van der Waals surface area contributed by atoms with Crippen molar-refractivity contribution >= 4 is 17.2 Å². The quantitative estimate of drug-likeness (QED) is 0.402. The summed E-state index contributed by atoms with van der Waals surface area (Å²) in [5.74, 6) is -0.212. The molecule has 0 unspecified atom stereocenters. The lowest BCUT2D eigenvalue weighted by molar-refractivity contribution is -0.384. The van der Waals surface area contributed by atoms with E-state index in [-0.39, 0.29) is 11.5 Å². The third-order valence-electron chi connectivity index (χ3n) is 3.04. The average Bonchev–Trinajstić information content (AvgIpc) is 2.62. The van der Waals surface area contributed by atoms with Crippen LogP contribution in [-0.4, -0.2) is 10.7 Å². The standard InChI is InChI=1S/C13H8N2O3/c14-7-1-3-9-10-4-2-8(15(17)18)6-12(10)13(16)11(9)5-7/h1-6H,14H2. The molecule has 18 heavy (non-hydrogen) atoms. The Kier molecular flexibility index (Phi) is 1.98. The maximum absolute atomic E-state index is 12.1. The summed E-state index contributed by atoms with van der Waals surface area (Å²) in [5, 5.41) is 10.7. The van der Waals surface area contributed by atoms with E-state index in [2.05, 4.69) is 0 Å². The van der Waals surface area contributed by atoms with Crippen molar-refractivity contribution in [3.63, 3.8) is 0 Å². The first-order valence-electron chi connectivity index (χ1n) is 5.31. The van der Waals surface area contributed by atoms with Crippen LogP contribution in [0, 0.1) is 10.1 Å². The van der Waals surface area contributed by atoms with Gasteiger partial charge in [-0.15, -0.1) is 0 Å². The molecule has 3 rings (SSSR count). The van der Waals surface area contributed by atoms with E-state index in [0.29, 0.717) is 16.8 Å². The van der Waals surface area contributed by atoms with Gasteiger partial charge in [0, 0.05) is 28.9 Å². The molecule has 88 valence electrons. The Hall–Kier alpha value is -2.69. The van der Waals surface area contributed by atoms with Crippen molar-refractivity contribution in [2.24, 2.45) is 0 Å². The molecule has 2 aromatic rings. The number of non-ortho nitro benzene ring substituents is 1. The predicted octanol–water partition coefficient (Wildman–Crippen LogP) is 2.39. The Balaban J connectivity index is 2.26. The van der Waals surface area contributed by atoms with Gasteiger partial charge in [0.2, 0.25) is 0 Å². The first-order valence-corrected chi connectivity index (χ1v) is 5.31. The average molecular weight is 240 g/mol. The Bertz CT molecular complexity index is 707. The summed E-state index contributed by atoms with van der Waals surface area (Å²) in [6.45, 7) is 0. The number of nitrogens with zero attached hydrogens (tertiary/aromatic N) is 1. The van der Waals surface area contributed by atoms with Crippen molar-refractivity contribution in [1.82, 2.24) is 0 Å². The predicted molar refractivity (Wildman–Crippen MR) is 66.4 cm³/mol. The molecule has 0 aliphatic heterocycles. The summed E-state index contributed by atoms with van der Waals surface area (Å²) in [6, 6.07) is 9.39. The molecule has 0 atom stereocenters. The van der Waals surface area contributed by atoms with E-state index in [1.54, 1.807) is 24.3 Å².